The highest BCUT2D eigenvalue weighted by Crippen LogP contribution is 2.26. The number of fused-ring (bicyclic) bond motifs is 1. The molecule has 1 aliphatic heterocycles. The Labute approximate surface area is 183 Å². The average molecular weight is 439 g/mol. The van der Waals surface area contributed by atoms with Gasteiger partial charge in [0.05, 0.1) is 30.0 Å². The van der Waals surface area contributed by atoms with Crippen LogP contribution in [0.3, 0.4) is 0 Å². The molecule has 3 heterocycles. The van der Waals surface area contributed by atoms with E-state index in [-0.39, 0.29) is 30.2 Å². The van der Waals surface area contributed by atoms with E-state index >= 15 is 0 Å². The standard InChI is InChI=1S/C22H22N4O4S/c1-12(14-3-5-18-15(9-14)4-6-19(27)25-18)23-20(28)10-16-11-31-22(24-16)26-21(29)17-7-8-30-13(17)2/h3,5,7-9,11-12H,4,6,10H2,1-2H3,(H,23,28)(H,25,27)(H,24,26,29). The number of furan rings is 1. The molecule has 0 spiro atoms. The minimum absolute atomic E-state index is 0.0281. The Morgan fingerprint density at radius 2 is 2.13 bits per heavy atom. The Morgan fingerprint density at radius 1 is 1.29 bits per heavy atom. The molecule has 4 rings (SSSR count). The van der Waals surface area contributed by atoms with Gasteiger partial charge in [-0.1, -0.05) is 12.1 Å². The van der Waals surface area contributed by atoms with Crippen LogP contribution in [0.5, 0.6) is 0 Å². The van der Waals surface area contributed by atoms with E-state index in [1.165, 1.54) is 17.6 Å². The summed E-state index contributed by atoms with van der Waals surface area (Å²) in [5, 5.41) is 10.7. The lowest BCUT2D eigenvalue weighted by atomic mass is 9.98. The lowest BCUT2D eigenvalue weighted by Gasteiger charge is -2.20. The number of anilines is 2. The molecular formula is C22H22N4O4S. The van der Waals surface area contributed by atoms with Crippen molar-refractivity contribution in [3.63, 3.8) is 0 Å². The van der Waals surface area contributed by atoms with Gasteiger partial charge in [0.25, 0.3) is 5.91 Å². The Balaban J connectivity index is 1.33. The van der Waals surface area contributed by atoms with Crippen molar-refractivity contribution >= 4 is 39.9 Å². The molecule has 0 saturated carbocycles. The number of nitrogens with zero attached hydrogens (tertiary/aromatic N) is 1. The zero-order valence-corrected chi connectivity index (χ0v) is 18.0. The number of rotatable bonds is 6. The molecule has 9 heteroatoms. The first-order valence-electron chi connectivity index (χ1n) is 9.91. The van der Waals surface area contributed by atoms with E-state index in [1.807, 2.05) is 25.1 Å². The van der Waals surface area contributed by atoms with Crippen LogP contribution in [0.15, 0.2) is 40.3 Å². The van der Waals surface area contributed by atoms with Gasteiger partial charge in [-0.15, -0.1) is 11.3 Å². The van der Waals surface area contributed by atoms with Gasteiger partial charge < -0.3 is 15.1 Å². The molecule has 3 N–H and O–H groups in total. The van der Waals surface area contributed by atoms with E-state index in [0.29, 0.717) is 35.0 Å². The summed E-state index contributed by atoms with van der Waals surface area (Å²) in [4.78, 5) is 40.6. The molecule has 8 nitrogen and oxygen atoms in total. The topological polar surface area (TPSA) is 113 Å². The van der Waals surface area contributed by atoms with E-state index in [4.69, 9.17) is 4.42 Å². The summed E-state index contributed by atoms with van der Waals surface area (Å²) >= 11 is 1.27. The van der Waals surface area contributed by atoms with Crippen LogP contribution >= 0.6 is 11.3 Å². The highest BCUT2D eigenvalue weighted by atomic mass is 32.1. The van der Waals surface area contributed by atoms with Crippen LogP contribution in [0.1, 0.15) is 52.3 Å². The van der Waals surface area contributed by atoms with E-state index in [1.54, 1.807) is 18.4 Å². The van der Waals surface area contributed by atoms with Crippen molar-refractivity contribution in [3.8, 4) is 0 Å². The molecule has 3 amide bonds. The fraction of sp³-hybridized carbons (Fsp3) is 0.273. The third-order valence-electron chi connectivity index (χ3n) is 5.12. The lowest BCUT2D eigenvalue weighted by Crippen LogP contribution is -2.28. The number of aromatic nitrogens is 1. The van der Waals surface area contributed by atoms with Crippen molar-refractivity contribution in [2.45, 2.75) is 39.2 Å². The maximum Gasteiger partial charge on any atom is 0.260 e. The fourth-order valence-corrected chi connectivity index (χ4v) is 4.15. The van der Waals surface area contributed by atoms with Gasteiger partial charge >= 0.3 is 0 Å². The predicted molar refractivity (Wildman–Crippen MR) is 117 cm³/mol. The maximum atomic E-state index is 12.5. The van der Waals surface area contributed by atoms with Gasteiger partial charge in [-0.2, -0.15) is 0 Å². The van der Waals surface area contributed by atoms with E-state index in [0.717, 1.165) is 16.8 Å². The molecule has 1 aromatic carbocycles. The quantitative estimate of drug-likeness (QED) is 0.544. The fourth-order valence-electron chi connectivity index (χ4n) is 3.44. The molecule has 0 saturated heterocycles. The Kier molecular flexibility index (Phi) is 5.85. The average Bonchev–Trinajstić information content (AvgIpc) is 3.35. The van der Waals surface area contributed by atoms with Gasteiger partial charge in [0.2, 0.25) is 11.8 Å². The number of thiazole rings is 1. The molecule has 0 fully saturated rings. The normalized spacial score (nSPS) is 13.8. The molecule has 3 aromatic rings. The summed E-state index contributed by atoms with van der Waals surface area (Å²) in [6.45, 7) is 3.63. The summed E-state index contributed by atoms with van der Waals surface area (Å²) in [7, 11) is 0. The molecule has 31 heavy (non-hydrogen) atoms. The highest BCUT2D eigenvalue weighted by Gasteiger charge is 2.18. The number of hydrogen-bond donors (Lipinski definition) is 3. The zero-order valence-electron chi connectivity index (χ0n) is 17.2. The van der Waals surface area contributed by atoms with Crippen molar-refractivity contribution in [2.75, 3.05) is 10.6 Å². The Morgan fingerprint density at radius 3 is 2.90 bits per heavy atom. The number of carbonyl (C=O) groups is 3. The van der Waals surface area contributed by atoms with E-state index in [9.17, 15) is 14.4 Å². The van der Waals surface area contributed by atoms with Crippen LogP contribution in [0, 0.1) is 6.92 Å². The SMILES string of the molecule is Cc1occc1C(=O)Nc1nc(CC(=O)NC(C)c2ccc3c(c2)CCC(=O)N3)cs1. The molecular weight excluding hydrogens is 416 g/mol. The summed E-state index contributed by atoms with van der Waals surface area (Å²) in [5.41, 5.74) is 3.92. The smallest absolute Gasteiger partial charge is 0.260 e. The Bertz CT molecular complexity index is 1150. The number of hydrogen-bond acceptors (Lipinski definition) is 6. The lowest BCUT2D eigenvalue weighted by molar-refractivity contribution is -0.121. The summed E-state index contributed by atoms with van der Waals surface area (Å²) < 4.78 is 5.14. The third-order valence-corrected chi connectivity index (χ3v) is 5.93. The minimum Gasteiger partial charge on any atom is -0.469 e. The van der Waals surface area contributed by atoms with Gasteiger partial charge in [-0.25, -0.2) is 4.98 Å². The number of nitrogens with one attached hydrogen (secondary N) is 3. The van der Waals surface area contributed by atoms with Crippen LogP contribution in [0.2, 0.25) is 0 Å². The van der Waals surface area contributed by atoms with Crippen LogP contribution in [0.25, 0.3) is 0 Å². The molecule has 2 aromatic heterocycles. The second-order valence-corrected chi connectivity index (χ2v) is 8.28. The van der Waals surface area contributed by atoms with Crippen molar-refractivity contribution in [1.82, 2.24) is 10.3 Å². The first kappa shape index (κ1) is 20.8. The highest BCUT2D eigenvalue weighted by molar-refractivity contribution is 7.14. The molecule has 1 aliphatic rings. The number of aryl methyl sites for hydroxylation is 2. The number of carbonyl (C=O) groups excluding carboxylic acids is 3. The van der Waals surface area contributed by atoms with Gasteiger partial charge in [0.15, 0.2) is 5.13 Å². The summed E-state index contributed by atoms with van der Waals surface area (Å²) in [6.07, 6.45) is 2.74. The number of amides is 3. The first-order valence-corrected chi connectivity index (χ1v) is 10.8. The van der Waals surface area contributed by atoms with E-state index < -0.39 is 0 Å². The predicted octanol–water partition coefficient (Wildman–Crippen LogP) is 3.60. The van der Waals surface area contributed by atoms with Crippen LogP contribution in [-0.4, -0.2) is 22.7 Å². The second-order valence-electron chi connectivity index (χ2n) is 7.42. The summed E-state index contributed by atoms with van der Waals surface area (Å²) in [6, 6.07) is 7.22. The molecule has 1 unspecified atom stereocenters. The molecule has 0 aliphatic carbocycles. The molecule has 0 radical (unpaired) electrons. The largest absolute Gasteiger partial charge is 0.469 e. The second kappa shape index (κ2) is 8.73. The van der Waals surface area contributed by atoms with Crippen molar-refractivity contribution in [2.24, 2.45) is 0 Å². The zero-order chi connectivity index (χ0) is 22.0. The Hall–Kier alpha value is -3.46. The van der Waals surface area contributed by atoms with Crippen molar-refractivity contribution in [1.29, 1.82) is 0 Å². The third kappa shape index (κ3) is 4.83. The van der Waals surface area contributed by atoms with Crippen LogP contribution in [0.4, 0.5) is 10.8 Å². The van der Waals surface area contributed by atoms with Gasteiger partial charge in [0, 0.05) is 17.5 Å². The maximum absolute atomic E-state index is 12.5. The van der Waals surface area contributed by atoms with Gasteiger partial charge in [0.1, 0.15) is 5.76 Å². The van der Waals surface area contributed by atoms with E-state index in [2.05, 4.69) is 20.9 Å². The molecule has 160 valence electrons. The summed E-state index contributed by atoms with van der Waals surface area (Å²) in [5.74, 6) is 0.105. The van der Waals surface area contributed by atoms with Gasteiger partial charge in [-0.05, 0) is 43.5 Å². The van der Waals surface area contributed by atoms with Crippen LogP contribution in [-0.2, 0) is 22.4 Å². The van der Waals surface area contributed by atoms with Crippen molar-refractivity contribution < 1.29 is 18.8 Å². The molecule has 1 atom stereocenters. The van der Waals surface area contributed by atoms with Crippen molar-refractivity contribution in [3.05, 3.63) is 64.1 Å². The first-order chi connectivity index (χ1) is 14.9. The minimum atomic E-state index is -0.297. The van der Waals surface area contributed by atoms with Gasteiger partial charge in [-0.3, -0.25) is 19.7 Å². The molecule has 0 bridgehead atoms. The van der Waals surface area contributed by atoms with Crippen LogP contribution < -0.4 is 16.0 Å². The number of benzene rings is 1. The monoisotopic (exact) mass is 438 g/mol.